The SMILES string of the molecule is CC(C)C(=O)Nc1ccc(N2CCOCC2)c(COc2ccc(-c3c(C4CCCCC4)c4sc(C(=O)O)cc4n3C)cc2)c1. The number of aromatic carboxylic acids is 1. The Morgan fingerprint density at radius 1 is 1.05 bits per heavy atom. The van der Waals surface area contributed by atoms with Gasteiger partial charge in [0.2, 0.25) is 5.91 Å². The third-order valence-corrected chi connectivity index (χ3v) is 10.0. The molecule has 1 aliphatic heterocycles. The molecule has 1 amide bonds. The summed E-state index contributed by atoms with van der Waals surface area (Å²) in [6.07, 6.45) is 5.95. The number of rotatable bonds is 9. The topological polar surface area (TPSA) is 93.0 Å². The van der Waals surface area contributed by atoms with Crippen molar-refractivity contribution in [3.8, 4) is 17.0 Å². The van der Waals surface area contributed by atoms with Gasteiger partial charge in [0.05, 0.1) is 29.1 Å². The van der Waals surface area contributed by atoms with E-state index >= 15 is 0 Å². The van der Waals surface area contributed by atoms with Crippen molar-refractivity contribution in [2.24, 2.45) is 13.0 Å². The molecular weight excluding hydrogens is 574 g/mol. The maximum Gasteiger partial charge on any atom is 0.345 e. The van der Waals surface area contributed by atoms with Crippen molar-refractivity contribution in [3.63, 3.8) is 0 Å². The number of nitrogens with zero attached hydrogens (tertiary/aromatic N) is 2. The molecule has 0 atom stereocenters. The van der Waals surface area contributed by atoms with E-state index in [9.17, 15) is 14.7 Å². The Balaban J connectivity index is 1.27. The molecule has 0 bridgehead atoms. The summed E-state index contributed by atoms with van der Waals surface area (Å²) in [5, 5.41) is 12.7. The van der Waals surface area contributed by atoms with Crippen LogP contribution in [0.25, 0.3) is 21.5 Å². The summed E-state index contributed by atoms with van der Waals surface area (Å²) < 4.78 is 15.2. The molecule has 3 heterocycles. The van der Waals surface area contributed by atoms with Crippen molar-refractivity contribution in [2.75, 3.05) is 36.5 Å². The van der Waals surface area contributed by atoms with Crippen LogP contribution >= 0.6 is 11.3 Å². The van der Waals surface area contributed by atoms with Gasteiger partial charge in [0.15, 0.2) is 0 Å². The van der Waals surface area contributed by atoms with Crippen LogP contribution in [0, 0.1) is 5.92 Å². The first kappa shape index (κ1) is 30.2. The predicted octanol–water partition coefficient (Wildman–Crippen LogP) is 7.66. The minimum Gasteiger partial charge on any atom is -0.489 e. The van der Waals surface area contributed by atoms with Crippen LogP contribution in [-0.4, -0.2) is 47.9 Å². The van der Waals surface area contributed by atoms with E-state index in [4.69, 9.17) is 9.47 Å². The number of thiophene rings is 1. The van der Waals surface area contributed by atoms with Gasteiger partial charge < -0.3 is 29.4 Å². The molecule has 4 aromatic rings. The summed E-state index contributed by atoms with van der Waals surface area (Å²) in [4.78, 5) is 26.9. The fraction of sp³-hybridized carbons (Fsp3) is 0.429. The molecule has 9 heteroatoms. The van der Waals surface area contributed by atoms with Gasteiger partial charge in [-0.25, -0.2) is 4.79 Å². The van der Waals surface area contributed by atoms with Crippen LogP contribution in [0.1, 0.15) is 72.7 Å². The van der Waals surface area contributed by atoms with Gasteiger partial charge in [-0.3, -0.25) is 4.79 Å². The molecule has 8 nitrogen and oxygen atoms in total. The highest BCUT2D eigenvalue weighted by Crippen LogP contribution is 2.46. The Morgan fingerprint density at radius 3 is 2.45 bits per heavy atom. The summed E-state index contributed by atoms with van der Waals surface area (Å²) in [6, 6.07) is 16.1. The second-order valence-electron chi connectivity index (χ2n) is 12.2. The maximum atomic E-state index is 12.4. The average Bonchev–Trinajstić information content (AvgIpc) is 3.59. The van der Waals surface area contributed by atoms with Crippen molar-refractivity contribution < 1.29 is 24.2 Å². The van der Waals surface area contributed by atoms with Gasteiger partial charge in [-0.15, -0.1) is 11.3 Å². The third kappa shape index (κ3) is 6.21. The number of hydrogen-bond acceptors (Lipinski definition) is 6. The van der Waals surface area contributed by atoms with E-state index in [1.807, 2.05) is 51.2 Å². The fourth-order valence-corrected chi connectivity index (χ4v) is 7.66. The average molecular weight is 616 g/mol. The molecule has 2 fully saturated rings. The van der Waals surface area contributed by atoms with E-state index in [1.165, 1.54) is 41.9 Å². The van der Waals surface area contributed by atoms with E-state index in [0.29, 0.717) is 30.6 Å². The van der Waals surface area contributed by atoms with Crippen molar-refractivity contribution in [3.05, 3.63) is 64.5 Å². The lowest BCUT2D eigenvalue weighted by Gasteiger charge is -2.31. The molecule has 0 spiro atoms. The number of benzene rings is 2. The molecule has 2 aromatic heterocycles. The number of fused-ring (bicyclic) bond motifs is 1. The van der Waals surface area contributed by atoms with E-state index in [1.54, 1.807) is 0 Å². The second-order valence-corrected chi connectivity index (χ2v) is 13.2. The zero-order valence-electron chi connectivity index (χ0n) is 25.7. The van der Waals surface area contributed by atoms with E-state index in [-0.39, 0.29) is 11.8 Å². The van der Waals surface area contributed by atoms with Gasteiger partial charge in [-0.1, -0.05) is 33.1 Å². The summed E-state index contributed by atoms with van der Waals surface area (Å²) in [5.74, 6) is 0.208. The number of aryl methyl sites for hydroxylation is 1. The molecule has 2 aliphatic rings. The lowest BCUT2D eigenvalue weighted by atomic mass is 9.83. The lowest BCUT2D eigenvalue weighted by Crippen LogP contribution is -2.36. The largest absolute Gasteiger partial charge is 0.489 e. The van der Waals surface area contributed by atoms with Crippen molar-refractivity contribution in [2.45, 2.75) is 58.5 Å². The van der Waals surface area contributed by atoms with Crippen LogP contribution in [0.3, 0.4) is 0 Å². The Labute approximate surface area is 262 Å². The highest BCUT2D eigenvalue weighted by Gasteiger charge is 2.28. The minimum absolute atomic E-state index is 0.0149. The first-order valence-electron chi connectivity index (χ1n) is 15.6. The Kier molecular flexibility index (Phi) is 8.96. The van der Waals surface area contributed by atoms with E-state index < -0.39 is 5.97 Å². The molecule has 2 N–H and O–H groups in total. The number of ether oxygens (including phenoxy) is 2. The molecule has 1 saturated heterocycles. The smallest absolute Gasteiger partial charge is 0.345 e. The van der Waals surface area contributed by atoms with E-state index in [0.717, 1.165) is 64.4 Å². The summed E-state index contributed by atoms with van der Waals surface area (Å²) in [5.41, 5.74) is 7.42. The number of anilines is 2. The summed E-state index contributed by atoms with van der Waals surface area (Å²) in [7, 11) is 2.05. The van der Waals surface area contributed by atoms with Crippen molar-refractivity contribution >= 4 is 44.8 Å². The van der Waals surface area contributed by atoms with Crippen LogP contribution in [0.2, 0.25) is 0 Å². The molecule has 1 aliphatic carbocycles. The first-order valence-corrected chi connectivity index (χ1v) is 16.5. The highest BCUT2D eigenvalue weighted by atomic mass is 32.1. The van der Waals surface area contributed by atoms with Gasteiger partial charge in [-0.2, -0.15) is 0 Å². The zero-order valence-corrected chi connectivity index (χ0v) is 26.5. The third-order valence-electron chi connectivity index (χ3n) is 8.88. The molecular formula is C35H41N3O5S. The number of carbonyl (C=O) groups excluding carboxylic acids is 1. The summed E-state index contributed by atoms with van der Waals surface area (Å²) >= 11 is 1.40. The number of carboxylic acid groups (broad SMARTS) is 1. The van der Waals surface area contributed by atoms with Crippen LogP contribution in [0.5, 0.6) is 5.75 Å². The second kappa shape index (κ2) is 13.0. The number of morpholine rings is 1. The van der Waals surface area contributed by atoms with Gasteiger partial charge in [0.1, 0.15) is 17.2 Å². The zero-order chi connectivity index (χ0) is 30.8. The molecule has 0 radical (unpaired) electrons. The minimum atomic E-state index is -0.867. The molecule has 44 heavy (non-hydrogen) atoms. The number of aromatic nitrogens is 1. The van der Waals surface area contributed by atoms with Crippen LogP contribution in [-0.2, 0) is 23.2 Å². The van der Waals surface area contributed by atoms with Crippen molar-refractivity contribution in [1.82, 2.24) is 4.57 Å². The lowest BCUT2D eigenvalue weighted by molar-refractivity contribution is -0.118. The first-order chi connectivity index (χ1) is 21.3. The predicted molar refractivity (Wildman–Crippen MR) is 176 cm³/mol. The Bertz CT molecular complexity index is 1640. The summed E-state index contributed by atoms with van der Waals surface area (Å²) in [6.45, 7) is 7.12. The number of nitrogens with one attached hydrogen (secondary N) is 1. The maximum absolute atomic E-state index is 12.4. The van der Waals surface area contributed by atoms with Gasteiger partial charge in [0, 0.05) is 43.0 Å². The molecule has 0 unspecified atom stereocenters. The van der Waals surface area contributed by atoms with Crippen LogP contribution in [0.15, 0.2) is 48.5 Å². The van der Waals surface area contributed by atoms with Crippen LogP contribution in [0.4, 0.5) is 11.4 Å². The molecule has 6 rings (SSSR count). The molecule has 232 valence electrons. The van der Waals surface area contributed by atoms with Crippen LogP contribution < -0.4 is 15.0 Å². The fourth-order valence-electron chi connectivity index (χ4n) is 6.51. The molecule has 2 aromatic carbocycles. The number of carbonyl (C=O) groups is 2. The number of carboxylic acids is 1. The normalized spacial score (nSPS) is 16.0. The monoisotopic (exact) mass is 615 g/mol. The molecule has 1 saturated carbocycles. The Hall–Kier alpha value is -3.82. The van der Waals surface area contributed by atoms with Gasteiger partial charge >= 0.3 is 5.97 Å². The number of amides is 1. The number of hydrogen-bond donors (Lipinski definition) is 2. The quantitative estimate of drug-likeness (QED) is 0.201. The van der Waals surface area contributed by atoms with Gasteiger partial charge in [0.25, 0.3) is 0 Å². The Morgan fingerprint density at radius 2 is 1.77 bits per heavy atom. The highest BCUT2D eigenvalue weighted by molar-refractivity contribution is 7.21. The van der Waals surface area contributed by atoms with E-state index in [2.05, 4.69) is 33.0 Å². The van der Waals surface area contributed by atoms with Gasteiger partial charge in [-0.05, 0) is 78.4 Å². The van der Waals surface area contributed by atoms with Crippen molar-refractivity contribution in [1.29, 1.82) is 0 Å². The standard InChI is InChI=1S/C35H41N3O5S/c1-22(2)34(39)36-26-11-14-28(38-15-17-42-18-16-38)25(19-26)21-43-27-12-9-24(10-13-27)32-31(23-7-5-4-6-8-23)33-29(37(32)3)20-30(44-33)35(40)41/h9-14,19-20,22-23H,4-8,15-18,21H2,1-3H3,(H,36,39)(H,40,41).